The summed E-state index contributed by atoms with van der Waals surface area (Å²) in [5.41, 5.74) is 6.65. The number of hydrogen-bond acceptors (Lipinski definition) is 5. The number of piperidine rings is 1. The lowest BCUT2D eigenvalue weighted by Gasteiger charge is -2.31. The summed E-state index contributed by atoms with van der Waals surface area (Å²) in [4.78, 5) is 14.8. The second-order valence-electron chi connectivity index (χ2n) is 8.45. The number of aromatic nitrogens is 3. The molecule has 4 heterocycles. The lowest BCUT2D eigenvalue weighted by Crippen LogP contribution is -2.40. The van der Waals surface area contributed by atoms with Crippen molar-refractivity contribution in [3.05, 3.63) is 66.6 Å². The fourth-order valence-corrected chi connectivity index (χ4v) is 4.50. The van der Waals surface area contributed by atoms with Crippen LogP contribution in [0.5, 0.6) is 5.88 Å². The highest BCUT2D eigenvalue weighted by Crippen LogP contribution is 2.31. The van der Waals surface area contributed by atoms with Gasteiger partial charge in [0, 0.05) is 59.3 Å². The van der Waals surface area contributed by atoms with Gasteiger partial charge in [-0.1, -0.05) is 24.3 Å². The average Bonchev–Trinajstić information content (AvgIpc) is 3.28. The van der Waals surface area contributed by atoms with Gasteiger partial charge in [-0.2, -0.15) is 0 Å². The number of hydrogen-bond donors (Lipinski definition) is 2. The highest BCUT2D eigenvalue weighted by atomic mass is 16.5. The molecule has 2 N–H and O–H groups in total. The number of pyridine rings is 2. The zero-order valence-electron chi connectivity index (χ0n) is 18.6. The number of rotatable bonds is 6. The van der Waals surface area contributed by atoms with Gasteiger partial charge in [-0.25, -0.2) is 9.97 Å². The first-order chi connectivity index (χ1) is 15.7. The van der Waals surface area contributed by atoms with Gasteiger partial charge < -0.3 is 15.0 Å². The Hall–Kier alpha value is -3.22. The van der Waals surface area contributed by atoms with Crippen LogP contribution < -0.4 is 10.1 Å². The molecule has 1 aliphatic heterocycles. The van der Waals surface area contributed by atoms with E-state index in [4.69, 9.17) is 4.74 Å². The van der Waals surface area contributed by atoms with Crippen molar-refractivity contribution in [1.29, 1.82) is 0 Å². The van der Waals surface area contributed by atoms with Crippen LogP contribution in [0.2, 0.25) is 0 Å². The summed E-state index contributed by atoms with van der Waals surface area (Å²) >= 11 is 0. The topological polar surface area (TPSA) is 66.1 Å². The van der Waals surface area contributed by atoms with Gasteiger partial charge in [0.05, 0.1) is 7.11 Å². The van der Waals surface area contributed by atoms with Gasteiger partial charge in [0.2, 0.25) is 5.88 Å². The summed E-state index contributed by atoms with van der Waals surface area (Å²) in [6, 6.07) is 15.7. The normalized spacial score (nSPS) is 15.3. The largest absolute Gasteiger partial charge is 0.481 e. The molecule has 1 fully saturated rings. The summed E-state index contributed by atoms with van der Waals surface area (Å²) in [5, 5.41) is 4.49. The maximum atomic E-state index is 5.18. The quantitative estimate of drug-likeness (QED) is 0.475. The van der Waals surface area contributed by atoms with Gasteiger partial charge >= 0.3 is 0 Å². The first kappa shape index (κ1) is 20.7. The molecule has 3 aromatic heterocycles. The molecular weight excluding hydrogens is 398 g/mol. The maximum Gasteiger partial charge on any atom is 0.212 e. The van der Waals surface area contributed by atoms with Crippen molar-refractivity contribution in [2.45, 2.75) is 25.4 Å². The second-order valence-corrected chi connectivity index (χ2v) is 8.45. The molecule has 32 heavy (non-hydrogen) atoms. The van der Waals surface area contributed by atoms with E-state index in [1.807, 2.05) is 30.7 Å². The van der Waals surface area contributed by atoms with Crippen molar-refractivity contribution < 1.29 is 4.74 Å². The van der Waals surface area contributed by atoms with Crippen molar-refractivity contribution in [3.63, 3.8) is 0 Å². The molecule has 0 bridgehead atoms. The Morgan fingerprint density at radius 2 is 1.75 bits per heavy atom. The Kier molecular flexibility index (Phi) is 5.88. The van der Waals surface area contributed by atoms with Crippen molar-refractivity contribution in [1.82, 2.24) is 25.2 Å². The molecular formula is C26H29N5O. The van der Waals surface area contributed by atoms with Crippen LogP contribution in [0.25, 0.3) is 33.3 Å². The molecule has 6 nitrogen and oxygen atoms in total. The molecule has 6 heteroatoms. The van der Waals surface area contributed by atoms with Crippen molar-refractivity contribution in [3.8, 4) is 28.1 Å². The average molecular weight is 428 g/mol. The molecule has 1 aromatic carbocycles. The smallest absolute Gasteiger partial charge is 0.212 e. The number of benzene rings is 1. The summed E-state index contributed by atoms with van der Waals surface area (Å²) in [6.45, 7) is 3.33. The molecule has 0 atom stereocenters. The summed E-state index contributed by atoms with van der Waals surface area (Å²) in [5.74, 6) is 0.610. The molecule has 0 spiro atoms. The van der Waals surface area contributed by atoms with Gasteiger partial charge in [-0.05, 0) is 56.2 Å². The van der Waals surface area contributed by atoms with Gasteiger partial charge in [0.25, 0.3) is 0 Å². The first-order valence-electron chi connectivity index (χ1n) is 11.2. The molecule has 0 amide bonds. The molecule has 164 valence electrons. The summed E-state index contributed by atoms with van der Waals surface area (Å²) in [7, 11) is 3.69. The minimum atomic E-state index is 0.610. The number of ether oxygens (including phenoxy) is 1. The van der Waals surface area contributed by atoms with E-state index in [9.17, 15) is 0 Å². The van der Waals surface area contributed by atoms with Crippen molar-refractivity contribution in [2.24, 2.45) is 0 Å². The van der Waals surface area contributed by atoms with E-state index in [2.05, 4.69) is 62.5 Å². The Balaban J connectivity index is 1.35. The predicted octanol–water partition coefficient (Wildman–Crippen LogP) is 4.48. The monoisotopic (exact) mass is 427 g/mol. The molecule has 0 saturated carbocycles. The SMILES string of the molecule is CNC1CCN(Cc2ccc(-c3cnc4[nH]cc(-c5ccc(OC)nc5)c4c3)cc2)CC1. The molecule has 0 unspecified atom stereocenters. The lowest BCUT2D eigenvalue weighted by molar-refractivity contribution is 0.194. The van der Waals surface area contributed by atoms with Crippen molar-refractivity contribution in [2.75, 3.05) is 27.2 Å². The van der Waals surface area contributed by atoms with E-state index < -0.39 is 0 Å². The Morgan fingerprint density at radius 1 is 1.00 bits per heavy atom. The minimum Gasteiger partial charge on any atom is -0.481 e. The molecule has 4 aromatic rings. The van der Waals surface area contributed by atoms with E-state index in [-0.39, 0.29) is 0 Å². The van der Waals surface area contributed by atoms with Crippen LogP contribution in [0.1, 0.15) is 18.4 Å². The zero-order valence-corrected chi connectivity index (χ0v) is 18.6. The standard InChI is InChI=1S/C26H29N5O/c1-27-22-9-11-31(12-10-22)17-18-3-5-19(6-4-18)21-13-23-24(16-30-26(23)29-15-21)20-7-8-25(32-2)28-14-20/h3-8,13-16,22,27H,9-12,17H2,1-2H3,(H,29,30). The summed E-state index contributed by atoms with van der Waals surface area (Å²) < 4.78 is 5.18. The Bertz CT molecular complexity index is 1180. The third kappa shape index (κ3) is 4.24. The van der Waals surface area contributed by atoms with Gasteiger partial charge in [-0.15, -0.1) is 0 Å². The van der Waals surface area contributed by atoms with Crippen LogP contribution >= 0.6 is 0 Å². The van der Waals surface area contributed by atoms with Crippen LogP contribution in [-0.2, 0) is 6.54 Å². The number of H-pyrrole nitrogens is 1. The van der Waals surface area contributed by atoms with E-state index in [1.165, 1.54) is 24.0 Å². The molecule has 0 radical (unpaired) electrons. The van der Waals surface area contributed by atoms with E-state index >= 15 is 0 Å². The van der Waals surface area contributed by atoms with E-state index in [0.717, 1.165) is 47.4 Å². The van der Waals surface area contributed by atoms with Gasteiger partial charge in [-0.3, -0.25) is 4.90 Å². The Morgan fingerprint density at radius 3 is 2.44 bits per heavy atom. The van der Waals surface area contributed by atoms with Crippen LogP contribution in [0.4, 0.5) is 0 Å². The van der Waals surface area contributed by atoms with E-state index in [0.29, 0.717) is 11.9 Å². The number of likely N-dealkylation sites (tertiary alicyclic amines) is 1. The maximum absolute atomic E-state index is 5.18. The number of nitrogens with zero attached hydrogens (tertiary/aromatic N) is 3. The van der Waals surface area contributed by atoms with Gasteiger partial charge in [0.15, 0.2) is 0 Å². The molecule has 0 aliphatic carbocycles. The summed E-state index contributed by atoms with van der Waals surface area (Å²) in [6.07, 6.45) is 8.21. The number of nitrogens with one attached hydrogen (secondary N) is 2. The number of methoxy groups -OCH3 is 1. The number of fused-ring (bicyclic) bond motifs is 1. The zero-order chi connectivity index (χ0) is 21.9. The van der Waals surface area contributed by atoms with E-state index in [1.54, 1.807) is 7.11 Å². The molecule has 5 rings (SSSR count). The third-order valence-electron chi connectivity index (χ3n) is 6.48. The van der Waals surface area contributed by atoms with Crippen molar-refractivity contribution >= 4 is 11.0 Å². The molecule has 1 aliphatic rings. The predicted molar refractivity (Wildman–Crippen MR) is 129 cm³/mol. The van der Waals surface area contributed by atoms with Gasteiger partial charge in [0.1, 0.15) is 5.65 Å². The highest BCUT2D eigenvalue weighted by molar-refractivity contribution is 5.95. The van der Waals surface area contributed by atoms with Crippen LogP contribution in [-0.4, -0.2) is 53.1 Å². The Labute approximate surface area is 188 Å². The lowest BCUT2D eigenvalue weighted by atomic mass is 10.0. The number of aromatic amines is 1. The van der Waals surface area contributed by atoms with Crippen LogP contribution in [0, 0.1) is 0 Å². The molecule has 1 saturated heterocycles. The van der Waals surface area contributed by atoms with Crippen LogP contribution in [0.3, 0.4) is 0 Å². The van der Waals surface area contributed by atoms with Crippen LogP contribution in [0.15, 0.2) is 61.1 Å². The second kappa shape index (κ2) is 9.10. The fraction of sp³-hybridized carbons (Fsp3) is 0.308. The fourth-order valence-electron chi connectivity index (χ4n) is 4.50. The minimum absolute atomic E-state index is 0.610. The third-order valence-corrected chi connectivity index (χ3v) is 6.48. The first-order valence-corrected chi connectivity index (χ1v) is 11.2. The highest BCUT2D eigenvalue weighted by Gasteiger charge is 2.17.